The third-order valence-corrected chi connectivity index (χ3v) is 3.95. The van der Waals surface area contributed by atoms with Crippen LogP contribution in [0.5, 0.6) is 0 Å². The number of hydrogen-bond acceptors (Lipinski definition) is 2. The summed E-state index contributed by atoms with van der Waals surface area (Å²) in [5, 5.41) is 3.28. The maximum atomic E-state index is 12.7. The molecule has 0 aliphatic carbocycles. The standard InChI is InChI=1S/C14H16F3N3/c1-20-12-3-2-10(14(15,16)17)8-11(12)19-13(20)9-4-6-18-7-5-9/h2-3,8-9,18H,4-7H2,1H3. The molecule has 108 valence electrons. The molecule has 0 amide bonds. The first-order valence-electron chi connectivity index (χ1n) is 6.71. The first-order chi connectivity index (χ1) is 9.47. The van der Waals surface area contributed by atoms with E-state index >= 15 is 0 Å². The summed E-state index contributed by atoms with van der Waals surface area (Å²) in [6.45, 7) is 1.86. The number of aryl methyl sites for hydroxylation is 1. The summed E-state index contributed by atoms with van der Waals surface area (Å²) in [5.74, 6) is 1.21. The van der Waals surface area contributed by atoms with Gasteiger partial charge in [0.05, 0.1) is 16.6 Å². The van der Waals surface area contributed by atoms with E-state index in [0.717, 1.165) is 49.4 Å². The van der Waals surface area contributed by atoms with Gasteiger partial charge in [0, 0.05) is 13.0 Å². The zero-order chi connectivity index (χ0) is 14.3. The number of piperidine rings is 1. The molecule has 0 spiro atoms. The van der Waals surface area contributed by atoms with Gasteiger partial charge in [0.1, 0.15) is 5.82 Å². The Hall–Kier alpha value is -1.56. The van der Waals surface area contributed by atoms with Gasteiger partial charge in [-0.25, -0.2) is 4.98 Å². The van der Waals surface area contributed by atoms with Gasteiger partial charge in [-0.2, -0.15) is 13.2 Å². The highest BCUT2D eigenvalue weighted by Crippen LogP contribution is 2.33. The number of imidazole rings is 1. The van der Waals surface area contributed by atoms with Crippen molar-refractivity contribution in [3.05, 3.63) is 29.6 Å². The zero-order valence-corrected chi connectivity index (χ0v) is 11.2. The molecule has 1 aliphatic heterocycles. The van der Waals surface area contributed by atoms with Crippen molar-refractivity contribution in [2.24, 2.45) is 7.05 Å². The highest BCUT2D eigenvalue weighted by Gasteiger charge is 2.31. The molecule has 0 radical (unpaired) electrons. The summed E-state index contributed by atoms with van der Waals surface area (Å²) >= 11 is 0. The summed E-state index contributed by atoms with van der Waals surface area (Å²) in [4.78, 5) is 4.45. The summed E-state index contributed by atoms with van der Waals surface area (Å²) in [6.07, 6.45) is -2.37. The van der Waals surface area contributed by atoms with E-state index in [1.807, 2.05) is 11.6 Å². The van der Waals surface area contributed by atoms with Crippen LogP contribution < -0.4 is 5.32 Å². The Morgan fingerprint density at radius 2 is 1.95 bits per heavy atom. The quantitative estimate of drug-likeness (QED) is 0.871. The number of benzene rings is 1. The Bertz CT molecular complexity index is 624. The molecule has 1 saturated heterocycles. The minimum atomic E-state index is -4.32. The number of halogens is 3. The van der Waals surface area contributed by atoms with Crippen molar-refractivity contribution in [2.45, 2.75) is 24.9 Å². The van der Waals surface area contributed by atoms with Crippen LogP contribution in [0.25, 0.3) is 11.0 Å². The van der Waals surface area contributed by atoms with Gasteiger partial charge < -0.3 is 9.88 Å². The molecule has 0 saturated carbocycles. The lowest BCUT2D eigenvalue weighted by Gasteiger charge is -2.22. The molecule has 3 nitrogen and oxygen atoms in total. The zero-order valence-electron chi connectivity index (χ0n) is 11.2. The molecule has 1 aromatic heterocycles. The molecule has 1 aliphatic rings. The van der Waals surface area contributed by atoms with Crippen LogP contribution in [0.2, 0.25) is 0 Å². The number of aromatic nitrogens is 2. The second kappa shape index (κ2) is 4.77. The van der Waals surface area contributed by atoms with Gasteiger partial charge in [-0.15, -0.1) is 0 Å². The third-order valence-electron chi connectivity index (χ3n) is 3.95. The van der Waals surface area contributed by atoms with Crippen LogP contribution >= 0.6 is 0 Å². The summed E-state index contributed by atoms with van der Waals surface area (Å²) in [7, 11) is 1.87. The molecule has 1 N–H and O–H groups in total. The fourth-order valence-electron chi connectivity index (χ4n) is 2.84. The van der Waals surface area contributed by atoms with Crippen LogP contribution in [0.15, 0.2) is 18.2 Å². The minimum Gasteiger partial charge on any atom is -0.331 e. The fraction of sp³-hybridized carbons (Fsp3) is 0.500. The molecule has 2 aromatic rings. The SMILES string of the molecule is Cn1c(C2CCNCC2)nc2cc(C(F)(F)F)ccc21. The maximum Gasteiger partial charge on any atom is 0.416 e. The molecule has 1 aromatic carbocycles. The Kier molecular flexibility index (Phi) is 3.20. The van der Waals surface area contributed by atoms with Crippen molar-refractivity contribution >= 4 is 11.0 Å². The van der Waals surface area contributed by atoms with E-state index in [2.05, 4.69) is 10.3 Å². The van der Waals surface area contributed by atoms with Crippen molar-refractivity contribution in [2.75, 3.05) is 13.1 Å². The molecule has 0 bridgehead atoms. The van der Waals surface area contributed by atoms with Crippen LogP contribution in [0.4, 0.5) is 13.2 Å². The average Bonchev–Trinajstić information content (AvgIpc) is 2.76. The second-order valence-corrected chi connectivity index (χ2v) is 5.25. The highest BCUT2D eigenvalue weighted by atomic mass is 19.4. The van der Waals surface area contributed by atoms with E-state index in [1.165, 1.54) is 6.07 Å². The third kappa shape index (κ3) is 2.28. The predicted octanol–water partition coefficient (Wildman–Crippen LogP) is 3.06. The normalized spacial score (nSPS) is 17.8. The summed E-state index contributed by atoms with van der Waals surface area (Å²) in [6, 6.07) is 3.77. The fourth-order valence-corrected chi connectivity index (χ4v) is 2.84. The van der Waals surface area contributed by atoms with E-state index in [-0.39, 0.29) is 0 Å². The Morgan fingerprint density at radius 1 is 1.25 bits per heavy atom. The number of rotatable bonds is 1. The Labute approximate surface area is 114 Å². The van der Waals surface area contributed by atoms with E-state index < -0.39 is 11.7 Å². The lowest BCUT2D eigenvalue weighted by Crippen LogP contribution is -2.27. The molecular formula is C14H16F3N3. The number of nitrogens with zero attached hydrogens (tertiary/aromatic N) is 2. The van der Waals surface area contributed by atoms with Crippen LogP contribution in [-0.2, 0) is 13.2 Å². The van der Waals surface area contributed by atoms with Gasteiger partial charge in [0.2, 0.25) is 0 Å². The van der Waals surface area contributed by atoms with Crippen molar-refractivity contribution in [3.63, 3.8) is 0 Å². The topological polar surface area (TPSA) is 29.9 Å². The molecule has 20 heavy (non-hydrogen) atoms. The average molecular weight is 283 g/mol. The van der Waals surface area contributed by atoms with Crippen molar-refractivity contribution < 1.29 is 13.2 Å². The predicted molar refractivity (Wildman–Crippen MR) is 70.6 cm³/mol. The first kappa shape index (κ1) is 13.4. The second-order valence-electron chi connectivity index (χ2n) is 5.25. The number of nitrogens with one attached hydrogen (secondary N) is 1. The number of fused-ring (bicyclic) bond motifs is 1. The molecule has 0 atom stereocenters. The highest BCUT2D eigenvalue weighted by molar-refractivity contribution is 5.77. The number of alkyl halides is 3. The monoisotopic (exact) mass is 283 g/mol. The maximum absolute atomic E-state index is 12.7. The van der Waals surface area contributed by atoms with Crippen LogP contribution in [0.3, 0.4) is 0 Å². The van der Waals surface area contributed by atoms with E-state index in [4.69, 9.17) is 0 Å². The van der Waals surface area contributed by atoms with Gasteiger partial charge >= 0.3 is 6.18 Å². The number of hydrogen-bond donors (Lipinski definition) is 1. The van der Waals surface area contributed by atoms with Gasteiger partial charge in [0.25, 0.3) is 0 Å². The lowest BCUT2D eigenvalue weighted by atomic mass is 9.97. The van der Waals surface area contributed by atoms with Gasteiger partial charge in [0.15, 0.2) is 0 Å². The van der Waals surface area contributed by atoms with E-state index in [9.17, 15) is 13.2 Å². The van der Waals surface area contributed by atoms with Gasteiger partial charge in [-0.1, -0.05) is 0 Å². The molecule has 3 rings (SSSR count). The largest absolute Gasteiger partial charge is 0.416 e. The van der Waals surface area contributed by atoms with Crippen molar-refractivity contribution in [1.82, 2.24) is 14.9 Å². The van der Waals surface area contributed by atoms with Crippen LogP contribution in [0, 0.1) is 0 Å². The first-order valence-corrected chi connectivity index (χ1v) is 6.71. The molecule has 1 fully saturated rings. The van der Waals surface area contributed by atoms with Crippen molar-refractivity contribution in [1.29, 1.82) is 0 Å². The van der Waals surface area contributed by atoms with E-state index in [0.29, 0.717) is 11.4 Å². The van der Waals surface area contributed by atoms with E-state index in [1.54, 1.807) is 0 Å². The minimum absolute atomic E-state index is 0.322. The molecule has 6 heteroatoms. The molecule has 2 heterocycles. The van der Waals surface area contributed by atoms with Gasteiger partial charge in [-0.3, -0.25) is 0 Å². The van der Waals surface area contributed by atoms with Crippen LogP contribution in [-0.4, -0.2) is 22.6 Å². The summed E-state index contributed by atoms with van der Waals surface area (Å²) in [5.41, 5.74) is 0.544. The summed E-state index contributed by atoms with van der Waals surface area (Å²) < 4.78 is 40.1. The lowest BCUT2D eigenvalue weighted by molar-refractivity contribution is -0.137. The van der Waals surface area contributed by atoms with Gasteiger partial charge in [-0.05, 0) is 44.1 Å². The Balaban J connectivity index is 2.04. The van der Waals surface area contributed by atoms with Crippen LogP contribution in [0.1, 0.15) is 30.1 Å². The smallest absolute Gasteiger partial charge is 0.331 e. The van der Waals surface area contributed by atoms with Crippen molar-refractivity contribution in [3.8, 4) is 0 Å². The molecular weight excluding hydrogens is 267 g/mol. The Morgan fingerprint density at radius 3 is 2.60 bits per heavy atom. The molecule has 0 unspecified atom stereocenters.